The number of carboxylic acids is 1. The van der Waals surface area contributed by atoms with Gasteiger partial charge in [0.1, 0.15) is 5.70 Å². The number of carboxylic acid groups (broad SMARTS) is 1. The van der Waals surface area contributed by atoms with E-state index >= 15 is 0 Å². The molecular weight excluding hydrogens is 462 g/mol. The van der Waals surface area contributed by atoms with Crippen LogP contribution in [0.25, 0.3) is 0 Å². The summed E-state index contributed by atoms with van der Waals surface area (Å²) >= 11 is 1.58. The number of nitrogens with one attached hydrogen (secondary N) is 1. The van der Waals surface area contributed by atoms with E-state index in [1.807, 2.05) is 6.92 Å². The van der Waals surface area contributed by atoms with Crippen molar-refractivity contribution in [2.24, 2.45) is 17.6 Å². The molecule has 3 aliphatic rings. The van der Waals surface area contributed by atoms with Crippen LogP contribution in [0.15, 0.2) is 34.9 Å². The Bertz CT molecular complexity index is 950. The summed E-state index contributed by atoms with van der Waals surface area (Å²) in [6, 6.07) is 8.52. The molecule has 6 atom stereocenters. The number of amides is 1. The second kappa shape index (κ2) is 9.58. The Labute approximate surface area is 205 Å². The predicted octanol–water partition coefficient (Wildman–Crippen LogP) is 2.63. The van der Waals surface area contributed by atoms with E-state index < -0.39 is 18.0 Å². The highest BCUT2D eigenvalue weighted by Gasteiger charge is 2.60. The van der Waals surface area contributed by atoms with E-state index in [4.69, 9.17) is 5.73 Å². The molecule has 0 aromatic heterocycles. The zero-order valence-electron chi connectivity index (χ0n) is 19.4. The average Bonchev–Trinajstić information content (AvgIpc) is 3.30. The van der Waals surface area contributed by atoms with Crippen LogP contribution in [-0.4, -0.2) is 57.5 Å². The summed E-state index contributed by atoms with van der Waals surface area (Å²) in [5.41, 5.74) is 8.36. The maximum atomic E-state index is 12.5. The molecule has 9 heteroatoms. The molecule has 0 spiro atoms. The summed E-state index contributed by atoms with van der Waals surface area (Å²) in [5, 5.41) is 23.6. The Morgan fingerprint density at radius 3 is 2.52 bits per heavy atom. The molecule has 0 bridgehead atoms. The number of fused-ring (bicyclic) bond motifs is 1. The molecule has 1 aromatic carbocycles. The van der Waals surface area contributed by atoms with Crippen molar-refractivity contribution in [2.45, 2.75) is 63.0 Å². The van der Waals surface area contributed by atoms with E-state index in [-0.39, 0.29) is 52.7 Å². The molecule has 0 radical (unpaired) electrons. The highest BCUT2D eigenvalue weighted by atomic mass is 35.5. The maximum Gasteiger partial charge on any atom is 0.353 e. The van der Waals surface area contributed by atoms with E-state index in [0.29, 0.717) is 6.54 Å². The third kappa shape index (κ3) is 4.44. The number of hydrogen-bond donors (Lipinski definition) is 4. The number of carbonyl (C=O) groups excluding carboxylic acids is 1. The minimum atomic E-state index is -1.07. The summed E-state index contributed by atoms with van der Waals surface area (Å²) in [4.78, 5) is 26.7. The van der Waals surface area contributed by atoms with Crippen molar-refractivity contribution in [2.75, 3.05) is 13.1 Å². The molecule has 4 rings (SSSR count). The first-order valence-corrected chi connectivity index (χ1v) is 12.1. The molecule has 33 heavy (non-hydrogen) atoms. The number of aliphatic hydroxyl groups excluding tert-OH is 1. The molecule has 5 N–H and O–H groups in total. The number of nitrogens with two attached hydrogens (primary N) is 1. The van der Waals surface area contributed by atoms with Gasteiger partial charge >= 0.3 is 5.97 Å². The molecule has 3 heterocycles. The van der Waals surface area contributed by atoms with Gasteiger partial charge in [0.05, 0.1) is 18.1 Å². The summed E-state index contributed by atoms with van der Waals surface area (Å²) in [5.74, 6) is -1.98. The molecule has 0 saturated carbocycles. The Balaban J connectivity index is 0.00000306. The van der Waals surface area contributed by atoms with E-state index in [1.54, 1.807) is 18.7 Å². The molecule has 182 valence electrons. The number of aliphatic carboxylic acids is 1. The van der Waals surface area contributed by atoms with Crippen molar-refractivity contribution in [1.82, 2.24) is 10.2 Å². The predicted molar refractivity (Wildman–Crippen MR) is 132 cm³/mol. The Hall–Kier alpha value is -1.58. The first kappa shape index (κ1) is 26.0. The topological polar surface area (TPSA) is 116 Å². The normalized spacial score (nSPS) is 30.1. The van der Waals surface area contributed by atoms with Gasteiger partial charge in [-0.25, -0.2) is 4.79 Å². The highest BCUT2D eigenvalue weighted by molar-refractivity contribution is 8.03. The largest absolute Gasteiger partial charge is 0.477 e. The van der Waals surface area contributed by atoms with Gasteiger partial charge in [0, 0.05) is 40.6 Å². The average molecular weight is 496 g/mol. The lowest BCUT2D eigenvalue weighted by atomic mass is 9.79. The molecule has 7 nitrogen and oxygen atoms in total. The molecule has 0 aliphatic carbocycles. The minimum Gasteiger partial charge on any atom is -0.477 e. The molecule has 2 fully saturated rings. The van der Waals surface area contributed by atoms with E-state index in [9.17, 15) is 19.8 Å². The molecule has 1 aromatic rings. The van der Waals surface area contributed by atoms with Crippen molar-refractivity contribution in [3.8, 4) is 0 Å². The fourth-order valence-electron chi connectivity index (χ4n) is 5.19. The van der Waals surface area contributed by atoms with Crippen molar-refractivity contribution < 1.29 is 19.8 Å². The first-order valence-electron chi connectivity index (χ1n) is 11.3. The first-order chi connectivity index (χ1) is 15.1. The Morgan fingerprint density at radius 1 is 1.33 bits per heavy atom. The number of aliphatic hydroxyl groups is 1. The molecule has 3 aliphatic heterocycles. The van der Waals surface area contributed by atoms with Crippen LogP contribution in [-0.2, 0) is 15.0 Å². The molecule has 0 unspecified atom stereocenters. The minimum absolute atomic E-state index is 0. The molecule has 2 saturated heterocycles. The monoisotopic (exact) mass is 495 g/mol. The van der Waals surface area contributed by atoms with E-state index in [2.05, 4.69) is 43.4 Å². The fraction of sp³-hybridized carbons (Fsp3) is 0.583. The van der Waals surface area contributed by atoms with Crippen molar-refractivity contribution in [1.29, 1.82) is 0 Å². The number of halogens is 1. The van der Waals surface area contributed by atoms with Crippen molar-refractivity contribution in [3.63, 3.8) is 0 Å². The SMILES string of the molecule is C[C@@H](O)[C@H]1C(=O)N2C(C(=O)O)=C(S[C@@H]3CN[C@@H](c4ccc(C(C)(C)CN)cc4)C3)[C@H](C)[C@H]12.Cl. The van der Waals surface area contributed by atoms with Gasteiger partial charge in [-0.05, 0) is 24.5 Å². The van der Waals surface area contributed by atoms with Gasteiger partial charge in [-0.15, -0.1) is 24.2 Å². The summed E-state index contributed by atoms with van der Waals surface area (Å²) < 4.78 is 0. The standard InChI is InChI=1S/C24H33N3O4S.ClH/c1-12-19-18(13(2)28)22(29)27(19)20(23(30)31)21(12)32-16-9-17(26-10-16)14-5-7-15(8-6-14)24(3,4)11-25;/h5-8,12-13,16-19,26,28H,9-11,25H2,1-4H3,(H,30,31);1H/t12-,13-,16+,17-,18-,19-;/m1./s1. The van der Waals surface area contributed by atoms with Crippen LogP contribution in [0.4, 0.5) is 0 Å². The zero-order valence-corrected chi connectivity index (χ0v) is 21.1. The summed E-state index contributed by atoms with van der Waals surface area (Å²) in [7, 11) is 0. The van der Waals surface area contributed by atoms with Gasteiger partial charge in [0.2, 0.25) is 5.91 Å². The van der Waals surface area contributed by atoms with E-state index in [0.717, 1.165) is 17.9 Å². The zero-order chi connectivity index (χ0) is 23.4. The lowest BCUT2D eigenvalue weighted by Gasteiger charge is -2.46. The van der Waals surface area contributed by atoms with Gasteiger partial charge < -0.3 is 26.2 Å². The fourth-order valence-corrected chi connectivity index (χ4v) is 6.67. The van der Waals surface area contributed by atoms with Crippen molar-refractivity contribution in [3.05, 3.63) is 46.0 Å². The van der Waals surface area contributed by atoms with Crippen LogP contribution in [0, 0.1) is 11.8 Å². The second-order valence-corrected chi connectivity index (χ2v) is 11.3. The number of benzene rings is 1. The summed E-state index contributed by atoms with van der Waals surface area (Å²) in [6.07, 6.45) is 0.0987. The van der Waals surface area contributed by atoms with Crippen LogP contribution < -0.4 is 11.1 Å². The third-order valence-electron chi connectivity index (χ3n) is 7.30. The number of hydrogen-bond acceptors (Lipinski definition) is 6. The third-order valence-corrected chi connectivity index (χ3v) is 8.81. The summed E-state index contributed by atoms with van der Waals surface area (Å²) in [6.45, 7) is 9.19. The van der Waals surface area contributed by atoms with Gasteiger partial charge in [-0.2, -0.15) is 0 Å². The smallest absolute Gasteiger partial charge is 0.353 e. The van der Waals surface area contributed by atoms with Crippen LogP contribution in [0.5, 0.6) is 0 Å². The number of thioether (sulfide) groups is 1. The van der Waals surface area contributed by atoms with Crippen LogP contribution in [0.2, 0.25) is 0 Å². The Kier molecular flexibility index (Phi) is 7.56. The second-order valence-electron chi connectivity index (χ2n) is 9.92. The number of carbonyl (C=O) groups is 2. The van der Waals surface area contributed by atoms with E-state index in [1.165, 1.54) is 16.0 Å². The number of nitrogens with zero attached hydrogens (tertiary/aromatic N) is 1. The van der Waals surface area contributed by atoms with Crippen LogP contribution >= 0.6 is 24.2 Å². The maximum absolute atomic E-state index is 12.5. The highest BCUT2D eigenvalue weighted by Crippen LogP contribution is 2.52. The van der Waals surface area contributed by atoms with Crippen molar-refractivity contribution >= 4 is 36.0 Å². The van der Waals surface area contributed by atoms with Gasteiger partial charge in [-0.1, -0.05) is 45.0 Å². The van der Waals surface area contributed by atoms with Gasteiger partial charge in [0.25, 0.3) is 0 Å². The number of rotatable bonds is 7. The van der Waals surface area contributed by atoms with Crippen LogP contribution in [0.3, 0.4) is 0 Å². The Morgan fingerprint density at radius 2 is 1.97 bits per heavy atom. The van der Waals surface area contributed by atoms with Gasteiger partial charge in [0.15, 0.2) is 0 Å². The number of β-lactam (4-membered cyclic amide) rings is 1. The molecular formula is C24H34ClN3O4S. The lowest BCUT2D eigenvalue weighted by molar-refractivity contribution is -0.163. The lowest BCUT2D eigenvalue weighted by Crippen LogP contribution is -2.63. The van der Waals surface area contributed by atoms with Gasteiger partial charge in [-0.3, -0.25) is 4.79 Å². The quantitative estimate of drug-likeness (QED) is 0.430. The molecule has 1 amide bonds. The van der Waals surface area contributed by atoms with Crippen LogP contribution in [0.1, 0.15) is 51.3 Å².